The van der Waals surface area contributed by atoms with Gasteiger partial charge in [0, 0.05) is 0 Å². The first-order valence-corrected chi connectivity index (χ1v) is 6.32. The summed E-state index contributed by atoms with van der Waals surface area (Å²) in [6.07, 6.45) is 5.15. The molecule has 0 fully saturated rings. The van der Waals surface area contributed by atoms with Crippen LogP contribution < -0.4 is 0 Å². The van der Waals surface area contributed by atoms with Crippen molar-refractivity contribution < 1.29 is 9.53 Å². The van der Waals surface area contributed by atoms with Crippen LogP contribution in [-0.2, 0) is 15.4 Å². The van der Waals surface area contributed by atoms with E-state index in [4.69, 9.17) is 11.6 Å². The fraction of sp³-hybridized carbons (Fsp3) is 0.375. The maximum absolute atomic E-state index is 11.3. The lowest BCUT2D eigenvalue weighted by Crippen LogP contribution is -2.06. The molecule has 5 nitrogen and oxygen atoms in total. The normalized spacial score (nSPS) is 10.2. The number of ether oxygens (including phenoxy) is 1. The van der Waals surface area contributed by atoms with Crippen LogP contribution in [0.5, 0.6) is 0 Å². The second-order valence-electron chi connectivity index (χ2n) is 2.72. The van der Waals surface area contributed by atoms with E-state index < -0.39 is 5.97 Å². The van der Waals surface area contributed by atoms with Crippen molar-refractivity contribution >= 4 is 34.1 Å². The van der Waals surface area contributed by atoms with Crippen LogP contribution in [0.1, 0.15) is 10.5 Å². The number of aromatic nitrogens is 2. The Kier molecular flexibility index (Phi) is 4.16. The minimum Gasteiger partial charge on any atom is -0.464 e. The Morgan fingerprint density at radius 2 is 2.27 bits per heavy atom. The summed E-state index contributed by atoms with van der Waals surface area (Å²) in [5.41, 5.74) is 0.0474. The van der Waals surface area contributed by atoms with E-state index in [2.05, 4.69) is 19.1 Å². The number of carbonyl (C=O) groups is 1. The van der Waals surface area contributed by atoms with Crippen molar-refractivity contribution in [1.29, 1.82) is 0 Å². The van der Waals surface area contributed by atoms with Crippen molar-refractivity contribution in [3.05, 3.63) is 17.0 Å². The first kappa shape index (κ1) is 12.1. The average molecular weight is 248 g/mol. The van der Waals surface area contributed by atoms with Crippen molar-refractivity contribution in [2.24, 2.45) is 4.36 Å². The number of hydrogen-bond acceptors (Lipinski definition) is 5. The van der Waals surface area contributed by atoms with E-state index in [1.807, 2.05) is 12.5 Å². The highest BCUT2D eigenvalue weighted by Gasteiger charge is 2.15. The molecule has 0 radical (unpaired) electrons. The van der Waals surface area contributed by atoms with Gasteiger partial charge in [0.2, 0.25) is 0 Å². The van der Waals surface area contributed by atoms with Crippen molar-refractivity contribution in [3.8, 4) is 0 Å². The lowest BCUT2D eigenvalue weighted by Gasteiger charge is -2.02. The van der Waals surface area contributed by atoms with Crippen molar-refractivity contribution in [2.45, 2.75) is 0 Å². The predicted molar refractivity (Wildman–Crippen MR) is 59.7 cm³/mol. The molecule has 0 amide bonds. The van der Waals surface area contributed by atoms with Gasteiger partial charge in [-0.15, -0.1) is 0 Å². The molecule has 0 aromatic carbocycles. The van der Waals surface area contributed by atoms with Gasteiger partial charge in [-0.2, -0.15) is 0 Å². The molecule has 0 unspecified atom stereocenters. The van der Waals surface area contributed by atoms with Crippen LogP contribution in [0.2, 0.25) is 5.15 Å². The molecule has 82 valence electrons. The zero-order chi connectivity index (χ0) is 11.4. The van der Waals surface area contributed by atoms with Crippen LogP contribution in [0.4, 0.5) is 5.82 Å². The maximum atomic E-state index is 11.3. The zero-order valence-electron chi connectivity index (χ0n) is 8.52. The second kappa shape index (κ2) is 5.18. The molecule has 0 N–H and O–H groups in total. The third kappa shape index (κ3) is 3.24. The summed E-state index contributed by atoms with van der Waals surface area (Å²) in [4.78, 5) is 19.1. The number of carbonyl (C=O) groups excluding carboxylic acids is 1. The van der Waals surface area contributed by atoms with Gasteiger partial charge in [0.15, 0.2) is 11.5 Å². The average Bonchev–Trinajstić information content (AvgIpc) is 2.19. The van der Waals surface area contributed by atoms with Crippen LogP contribution >= 0.6 is 11.6 Å². The third-order valence-corrected chi connectivity index (χ3v) is 2.09. The summed E-state index contributed by atoms with van der Waals surface area (Å²) < 4.78 is 8.72. The first-order valence-electron chi connectivity index (χ1n) is 3.95. The van der Waals surface area contributed by atoms with Crippen LogP contribution in [0.3, 0.4) is 0 Å². The molecule has 0 saturated carbocycles. The highest BCUT2D eigenvalue weighted by Crippen LogP contribution is 2.17. The number of hydrogen-bond donors (Lipinski definition) is 0. The monoisotopic (exact) mass is 247 g/mol. The highest BCUT2D eigenvalue weighted by atomic mass is 35.5. The van der Waals surface area contributed by atoms with Crippen LogP contribution in [-0.4, -0.2) is 35.6 Å². The molecule has 0 atom stereocenters. The fourth-order valence-electron chi connectivity index (χ4n) is 0.835. The minimum atomic E-state index is -0.589. The highest BCUT2D eigenvalue weighted by molar-refractivity contribution is 7.85. The van der Waals surface area contributed by atoms with Gasteiger partial charge in [-0.1, -0.05) is 22.3 Å². The van der Waals surface area contributed by atoms with Crippen molar-refractivity contribution in [2.75, 3.05) is 19.6 Å². The summed E-state index contributed by atoms with van der Waals surface area (Å²) in [5, 5.41) is 0.140. The van der Waals surface area contributed by atoms with Gasteiger partial charge in [0.1, 0.15) is 5.15 Å². The summed E-state index contributed by atoms with van der Waals surface area (Å²) in [6.45, 7) is 0. The molecule has 1 rings (SSSR count). The lowest BCUT2D eigenvalue weighted by atomic mass is 10.4. The lowest BCUT2D eigenvalue weighted by molar-refractivity contribution is 0.0594. The summed E-state index contributed by atoms with van der Waals surface area (Å²) in [7, 11) is 1.04. The standard InChI is InChI=1S/C8H10ClN3O2S/c1-14-8(13)6-7(12-15(2)3)10-4-5(9)11-6/h4H,1-3H3. The molecule has 1 aromatic rings. The molecular formula is C8H10ClN3O2S. The molecule has 0 aliphatic carbocycles. The number of esters is 1. The Hall–Kier alpha value is -1.01. The van der Waals surface area contributed by atoms with E-state index in [0.717, 1.165) is 0 Å². The van der Waals surface area contributed by atoms with E-state index >= 15 is 0 Å². The van der Waals surface area contributed by atoms with Gasteiger partial charge in [-0.25, -0.2) is 19.1 Å². The molecule has 0 saturated heterocycles. The van der Waals surface area contributed by atoms with Gasteiger partial charge in [-0.3, -0.25) is 0 Å². The number of halogens is 1. The largest absolute Gasteiger partial charge is 0.464 e. The smallest absolute Gasteiger partial charge is 0.360 e. The summed E-state index contributed by atoms with van der Waals surface area (Å²) in [5.74, 6) is -0.325. The number of methoxy groups -OCH3 is 1. The van der Waals surface area contributed by atoms with Gasteiger partial charge in [-0.05, 0) is 12.5 Å². The van der Waals surface area contributed by atoms with Crippen LogP contribution in [0, 0.1) is 0 Å². The summed E-state index contributed by atoms with van der Waals surface area (Å²) in [6, 6.07) is 0. The predicted octanol–water partition coefficient (Wildman–Crippen LogP) is 1.61. The Morgan fingerprint density at radius 3 is 2.80 bits per heavy atom. The van der Waals surface area contributed by atoms with Crippen molar-refractivity contribution in [1.82, 2.24) is 9.97 Å². The van der Waals surface area contributed by atoms with E-state index in [0.29, 0.717) is 0 Å². The summed E-state index contributed by atoms with van der Waals surface area (Å²) >= 11 is 5.63. The second-order valence-corrected chi connectivity index (χ2v) is 4.84. The minimum absolute atomic E-state index is 0.0474. The number of nitrogens with zero attached hydrogens (tertiary/aromatic N) is 3. The van der Waals surface area contributed by atoms with E-state index in [1.54, 1.807) is 0 Å². The Labute approximate surface area is 94.9 Å². The molecule has 1 heterocycles. The molecule has 0 bridgehead atoms. The van der Waals surface area contributed by atoms with Gasteiger partial charge >= 0.3 is 5.97 Å². The zero-order valence-corrected chi connectivity index (χ0v) is 10.1. The number of rotatable bonds is 2. The molecule has 0 aliphatic heterocycles. The van der Waals surface area contributed by atoms with E-state index in [1.165, 1.54) is 13.3 Å². The Bertz CT molecular complexity index is 418. The first-order chi connectivity index (χ1) is 7.04. The SMILES string of the molecule is COC(=O)c1nc(Cl)cnc1N=S(C)C. The molecule has 1 aromatic heterocycles. The topological polar surface area (TPSA) is 64.4 Å². The van der Waals surface area contributed by atoms with E-state index in [9.17, 15) is 4.79 Å². The third-order valence-electron chi connectivity index (χ3n) is 1.37. The molecule has 7 heteroatoms. The van der Waals surface area contributed by atoms with Gasteiger partial charge < -0.3 is 4.74 Å². The Balaban J connectivity index is 3.26. The fourth-order valence-corrected chi connectivity index (χ4v) is 1.45. The molecule has 15 heavy (non-hydrogen) atoms. The molecular weight excluding hydrogens is 238 g/mol. The van der Waals surface area contributed by atoms with Crippen LogP contribution in [0.15, 0.2) is 10.6 Å². The van der Waals surface area contributed by atoms with E-state index in [-0.39, 0.29) is 27.4 Å². The maximum Gasteiger partial charge on any atom is 0.360 e. The Morgan fingerprint density at radius 1 is 1.60 bits per heavy atom. The van der Waals surface area contributed by atoms with Gasteiger partial charge in [0.25, 0.3) is 0 Å². The van der Waals surface area contributed by atoms with Crippen LogP contribution in [0.25, 0.3) is 0 Å². The quantitative estimate of drug-likeness (QED) is 0.745. The van der Waals surface area contributed by atoms with Crippen molar-refractivity contribution in [3.63, 3.8) is 0 Å². The molecule has 0 aliphatic rings. The van der Waals surface area contributed by atoms with Gasteiger partial charge in [0.05, 0.1) is 13.3 Å². The molecule has 0 spiro atoms.